The number of fused-ring (bicyclic) bond motifs is 3. The van der Waals surface area contributed by atoms with Gasteiger partial charge in [-0.3, -0.25) is 4.79 Å². The van der Waals surface area contributed by atoms with Crippen LogP contribution >= 0.6 is 0 Å². The molecule has 0 unspecified atom stereocenters. The molecule has 1 atom stereocenters. The van der Waals surface area contributed by atoms with Gasteiger partial charge in [-0.05, 0) is 23.8 Å². The van der Waals surface area contributed by atoms with Crippen LogP contribution in [-0.2, 0) is 28.9 Å². The van der Waals surface area contributed by atoms with Gasteiger partial charge in [0.15, 0.2) is 0 Å². The van der Waals surface area contributed by atoms with Crippen molar-refractivity contribution in [2.24, 2.45) is 0 Å². The average Bonchev–Trinajstić information content (AvgIpc) is 3.29. The van der Waals surface area contributed by atoms with Crippen LogP contribution in [0.25, 0.3) is 10.9 Å². The second-order valence-electron chi connectivity index (χ2n) is 7.86. The van der Waals surface area contributed by atoms with Gasteiger partial charge < -0.3 is 20.1 Å². The molecule has 2 N–H and O–H groups in total. The standard InChI is InChI=1S/C22H18F4N4O3/c23-16-5-11(22(24,25)26)1-2-12(16)19-10-32-4-3-30(19)21(31)17-6-13-14-8-33-9-15(14)20(27)29-18(13)7-28-17/h1-2,5-7,19H,3-4,8-10H2,(H2,27,29)/t19-/m0/s1. The number of aromatic nitrogens is 2. The van der Waals surface area contributed by atoms with Crippen LogP contribution < -0.4 is 5.73 Å². The van der Waals surface area contributed by atoms with E-state index >= 15 is 0 Å². The quantitative estimate of drug-likeness (QED) is 0.586. The van der Waals surface area contributed by atoms with Gasteiger partial charge in [-0.1, -0.05) is 6.07 Å². The third kappa shape index (κ3) is 3.76. The molecule has 0 saturated carbocycles. The van der Waals surface area contributed by atoms with Gasteiger partial charge in [0, 0.05) is 23.1 Å². The highest BCUT2D eigenvalue weighted by Crippen LogP contribution is 2.35. The molecule has 0 aliphatic carbocycles. The molecule has 33 heavy (non-hydrogen) atoms. The van der Waals surface area contributed by atoms with E-state index in [1.165, 1.54) is 11.1 Å². The number of benzene rings is 1. The molecule has 5 rings (SSSR count). The number of nitrogen functional groups attached to an aromatic ring is 1. The van der Waals surface area contributed by atoms with Gasteiger partial charge in [0.25, 0.3) is 5.91 Å². The van der Waals surface area contributed by atoms with Gasteiger partial charge in [0.1, 0.15) is 17.3 Å². The lowest BCUT2D eigenvalue weighted by atomic mass is 10.0. The normalized spacial score (nSPS) is 18.5. The van der Waals surface area contributed by atoms with Crippen molar-refractivity contribution in [2.45, 2.75) is 25.4 Å². The van der Waals surface area contributed by atoms with Crippen LogP contribution in [0.1, 0.15) is 38.8 Å². The maximum atomic E-state index is 14.7. The molecular weight excluding hydrogens is 444 g/mol. The lowest BCUT2D eigenvalue weighted by molar-refractivity contribution is -0.137. The van der Waals surface area contributed by atoms with Crippen LogP contribution in [0, 0.1) is 5.82 Å². The molecule has 11 heteroatoms. The molecule has 2 aromatic heterocycles. The Morgan fingerprint density at radius 1 is 1.15 bits per heavy atom. The number of nitrogens with two attached hydrogens (primary N) is 1. The third-order valence-electron chi connectivity index (χ3n) is 5.91. The van der Waals surface area contributed by atoms with Gasteiger partial charge in [-0.15, -0.1) is 0 Å². The van der Waals surface area contributed by atoms with Crippen molar-refractivity contribution >= 4 is 22.6 Å². The molecule has 3 aromatic rings. The van der Waals surface area contributed by atoms with Crippen molar-refractivity contribution in [2.75, 3.05) is 25.5 Å². The fourth-order valence-corrected chi connectivity index (χ4v) is 4.22. The highest BCUT2D eigenvalue weighted by Gasteiger charge is 2.35. The van der Waals surface area contributed by atoms with Crippen molar-refractivity contribution in [3.8, 4) is 0 Å². The Labute approximate surface area is 185 Å². The minimum Gasteiger partial charge on any atom is -0.383 e. The molecule has 0 spiro atoms. The predicted octanol–water partition coefficient (Wildman–Crippen LogP) is 3.61. The van der Waals surface area contributed by atoms with Gasteiger partial charge in [-0.2, -0.15) is 13.2 Å². The van der Waals surface area contributed by atoms with Crippen LogP contribution in [0.3, 0.4) is 0 Å². The second-order valence-corrected chi connectivity index (χ2v) is 7.86. The Morgan fingerprint density at radius 3 is 2.70 bits per heavy atom. The van der Waals surface area contributed by atoms with Crippen molar-refractivity contribution in [3.05, 3.63) is 64.2 Å². The summed E-state index contributed by atoms with van der Waals surface area (Å²) in [6.07, 6.45) is -3.24. The molecule has 1 saturated heterocycles. The minimum absolute atomic E-state index is 0.0526. The monoisotopic (exact) mass is 462 g/mol. The number of halogens is 4. The Balaban J connectivity index is 1.51. The number of amides is 1. The van der Waals surface area contributed by atoms with Gasteiger partial charge in [0.05, 0.1) is 49.7 Å². The Kier molecular flexibility index (Phi) is 5.17. The number of carbonyl (C=O) groups is 1. The molecule has 2 aliphatic rings. The second kappa shape index (κ2) is 7.92. The van der Waals surface area contributed by atoms with E-state index in [2.05, 4.69) is 9.97 Å². The number of anilines is 1. The van der Waals surface area contributed by atoms with E-state index in [0.29, 0.717) is 36.0 Å². The number of nitrogens with zero attached hydrogens (tertiary/aromatic N) is 3. The molecule has 4 heterocycles. The maximum absolute atomic E-state index is 14.7. The SMILES string of the molecule is Nc1nc2cnc(C(=O)N3CCOC[C@H]3c3ccc(C(F)(F)F)cc3F)cc2c2c1COC2. The smallest absolute Gasteiger partial charge is 0.383 e. The summed E-state index contributed by atoms with van der Waals surface area (Å²) in [7, 11) is 0. The first-order chi connectivity index (χ1) is 15.7. The van der Waals surface area contributed by atoms with Crippen molar-refractivity contribution in [1.29, 1.82) is 0 Å². The molecule has 0 bridgehead atoms. The number of hydrogen-bond acceptors (Lipinski definition) is 6. The minimum atomic E-state index is -4.67. The molecule has 1 amide bonds. The zero-order valence-electron chi connectivity index (χ0n) is 17.2. The third-order valence-corrected chi connectivity index (χ3v) is 5.91. The Hall–Kier alpha value is -3.31. The van der Waals surface area contributed by atoms with Crippen molar-refractivity contribution < 1.29 is 31.8 Å². The van der Waals surface area contributed by atoms with E-state index < -0.39 is 29.5 Å². The summed E-state index contributed by atoms with van der Waals surface area (Å²) in [5, 5.41) is 0.681. The molecule has 1 aromatic carbocycles. The Morgan fingerprint density at radius 2 is 1.94 bits per heavy atom. The predicted molar refractivity (Wildman–Crippen MR) is 108 cm³/mol. The van der Waals surface area contributed by atoms with E-state index in [0.717, 1.165) is 23.3 Å². The zero-order chi connectivity index (χ0) is 23.3. The number of carbonyl (C=O) groups excluding carboxylic acids is 1. The Bertz CT molecular complexity index is 1260. The maximum Gasteiger partial charge on any atom is 0.416 e. The average molecular weight is 462 g/mol. The number of hydrogen-bond donors (Lipinski definition) is 1. The van der Waals surface area contributed by atoms with Crippen LogP contribution in [-0.4, -0.2) is 40.5 Å². The highest BCUT2D eigenvalue weighted by molar-refractivity contribution is 5.97. The van der Waals surface area contributed by atoms with Gasteiger partial charge in [0.2, 0.25) is 0 Å². The summed E-state index contributed by atoms with van der Waals surface area (Å²) in [6, 6.07) is 2.96. The first-order valence-electron chi connectivity index (χ1n) is 10.1. The fraction of sp³-hybridized carbons (Fsp3) is 0.318. The molecule has 1 fully saturated rings. The van der Waals surface area contributed by atoms with E-state index in [9.17, 15) is 22.4 Å². The molecular formula is C22H18F4N4O3. The van der Waals surface area contributed by atoms with E-state index in [-0.39, 0.29) is 31.0 Å². The summed E-state index contributed by atoms with van der Waals surface area (Å²) in [4.78, 5) is 23.3. The number of ether oxygens (including phenoxy) is 2. The van der Waals surface area contributed by atoms with Crippen LogP contribution in [0.4, 0.5) is 23.4 Å². The van der Waals surface area contributed by atoms with Gasteiger partial charge in [-0.25, -0.2) is 14.4 Å². The van der Waals surface area contributed by atoms with Crippen LogP contribution in [0.5, 0.6) is 0 Å². The van der Waals surface area contributed by atoms with Crippen molar-refractivity contribution in [3.63, 3.8) is 0 Å². The molecule has 0 radical (unpaired) electrons. The summed E-state index contributed by atoms with van der Waals surface area (Å²) in [5.74, 6) is -1.20. The zero-order valence-corrected chi connectivity index (χ0v) is 17.2. The highest BCUT2D eigenvalue weighted by atomic mass is 19.4. The summed E-state index contributed by atoms with van der Waals surface area (Å²) < 4.78 is 64.3. The van der Waals surface area contributed by atoms with Crippen LogP contribution in [0.2, 0.25) is 0 Å². The largest absolute Gasteiger partial charge is 0.416 e. The lowest BCUT2D eigenvalue weighted by Gasteiger charge is -2.36. The van der Waals surface area contributed by atoms with Gasteiger partial charge >= 0.3 is 6.18 Å². The summed E-state index contributed by atoms with van der Waals surface area (Å²) in [6.45, 7) is 0.939. The number of rotatable bonds is 2. The number of alkyl halides is 3. The van der Waals surface area contributed by atoms with E-state index in [4.69, 9.17) is 15.2 Å². The molecule has 7 nitrogen and oxygen atoms in total. The first-order valence-corrected chi connectivity index (χ1v) is 10.1. The molecule has 172 valence electrons. The summed E-state index contributed by atoms with van der Waals surface area (Å²) in [5.41, 5.74) is 7.03. The topological polar surface area (TPSA) is 90.6 Å². The van der Waals surface area contributed by atoms with E-state index in [1.54, 1.807) is 6.07 Å². The van der Waals surface area contributed by atoms with E-state index in [1.807, 2.05) is 0 Å². The molecule has 2 aliphatic heterocycles. The first kappa shape index (κ1) is 21.5. The summed E-state index contributed by atoms with van der Waals surface area (Å²) >= 11 is 0. The van der Waals surface area contributed by atoms with Crippen LogP contribution in [0.15, 0.2) is 30.5 Å². The number of pyridine rings is 2. The number of morpholine rings is 1. The fourth-order valence-electron chi connectivity index (χ4n) is 4.22. The lowest BCUT2D eigenvalue weighted by Crippen LogP contribution is -2.44. The van der Waals surface area contributed by atoms with Crippen molar-refractivity contribution in [1.82, 2.24) is 14.9 Å².